The average molecular weight is 219 g/mol. The van der Waals surface area contributed by atoms with Crippen molar-refractivity contribution in [2.24, 2.45) is 11.1 Å². The standard InChI is InChI=1S/C9H17NO5/c1-9(2,7(12)8(13)14)5-15-6(11)3-4-10/h7,12H,3-5,10H2,1-2H3,(H,13,14). The molecule has 4 N–H and O–H groups in total. The molecule has 0 bridgehead atoms. The van der Waals surface area contributed by atoms with Crippen molar-refractivity contribution in [1.82, 2.24) is 0 Å². The van der Waals surface area contributed by atoms with E-state index in [-0.39, 0.29) is 19.6 Å². The zero-order valence-electron chi connectivity index (χ0n) is 8.90. The second-order valence-electron chi connectivity index (χ2n) is 3.93. The molecule has 0 radical (unpaired) electrons. The van der Waals surface area contributed by atoms with Gasteiger partial charge >= 0.3 is 11.9 Å². The van der Waals surface area contributed by atoms with E-state index in [0.29, 0.717) is 0 Å². The number of nitrogens with two attached hydrogens (primary N) is 1. The molecular weight excluding hydrogens is 202 g/mol. The molecule has 6 nitrogen and oxygen atoms in total. The van der Waals surface area contributed by atoms with E-state index in [2.05, 4.69) is 0 Å². The number of hydrogen-bond acceptors (Lipinski definition) is 5. The van der Waals surface area contributed by atoms with E-state index >= 15 is 0 Å². The van der Waals surface area contributed by atoms with Crippen LogP contribution in [0.4, 0.5) is 0 Å². The van der Waals surface area contributed by atoms with Crippen LogP contribution in [0.25, 0.3) is 0 Å². The van der Waals surface area contributed by atoms with Crippen LogP contribution >= 0.6 is 0 Å². The highest BCUT2D eigenvalue weighted by Gasteiger charge is 2.34. The van der Waals surface area contributed by atoms with Gasteiger partial charge in [0, 0.05) is 12.0 Å². The Balaban J connectivity index is 4.14. The van der Waals surface area contributed by atoms with Crippen LogP contribution in [0.1, 0.15) is 20.3 Å². The molecule has 0 saturated heterocycles. The number of esters is 1. The van der Waals surface area contributed by atoms with Gasteiger partial charge in [-0.05, 0) is 0 Å². The summed E-state index contributed by atoms with van der Waals surface area (Å²) in [7, 11) is 0. The second-order valence-corrected chi connectivity index (χ2v) is 3.93. The number of aliphatic hydroxyl groups excluding tert-OH is 1. The van der Waals surface area contributed by atoms with Crippen LogP contribution in [0.15, 0.2) is 0 Å². The monoisotopic (exact) mass is 219 g/mol. The average Bonchev–Trinajstić information content (AvgIpc) is 2.14. The Morgan fingerprint density at radius 2 is 2.00 bits per heavy atom. The Morgan fingerprint density at radius 3 is 2.40 bits per heavy atom. The van der Waals surface area contributed by atoms with Crippen molar-refractivity contribution in [2.75, 3.05) is 13.2 Å². The van der Waals surface area contributed by atoms with E-state index in [1.54, 1.807) is 0 Å². The molecule has 0 amide bonds. The number of hydrogen-bond donors (Lipinski definition) is 3. The van der Waals surface area contributed by atoms with Crippen molar-refractivity contribution in [2.45, 2.75) is 26.4 Å². The number of rotatable bonds is 6. The molecule has 1 atom stereocenters. The Bertz CT molecular complexity index is 239. The molecule has 0 heterocycles. The van der Waals surface area contributed by atoms with Crippen LogP contribution in [0.2, 0.25) is 0 Å². The summed E-state index contributed by atoms with van der Waals surface area (Å²) in [5.74, 6) is -1.84. The Morgan fingerprint density at radius 1 is 1.47 bits per heavy atom. The Hall–Kier alpha value is -1.14. The predicted molar refractivity (Wildman–Crippen MR) is 52.1 cm³/mol. The second kappa shape index (κ2) is 5.67. The molecule has 88 valence electrons. The fourth-order valence-electron chi connectivity index (χ4n) is 0.870. The van der Waals surface area contributed by atoms with Crippen LogP contribution in [0.5, 0.6) is 0 Å². The van der Waals surface area contributed by atoms with Gasteiger partial charge in [-0.2, -0.15) is 0 Å². The number of aliphatic hydroxyl groups is 1. The molecular formula is C9H17NO5. The molecule has 0 fully saturated rings. The first-order chi connectivity index (χ1) is 6.81. The molecule has 0 aliphatic carbocycles. The number of carboxylic acids is 1. The summed E-state index contributed by atoms with van der Waals surface area (Å²) in [4.78, 5) is 21.5. The summed E-state index contributed by atoms with van der Waals surface area (Å²) in [6.07, 6.45) is -1.48. The lowest BCUT2D eigenvalue weighted by Crippen LogP contribution is -2.40. The van der Waals surface area contributed by atoms with Gasteiger partial charge in [0.1, 0.15) is 0 Å². The molecule has 0 saturated carbocycles. The molecule has 0 aromatic heterocycles. The summed E-state index contributed by atoms with van der Waals surface area (Å²) in [5.41, 5.74) is 4.11. The maximum Gasteiger partial charge on any atom is 0.333 e. The maximum atomic E-state index is 11.0. The summed E-state index contributed by atoms with van der Waals surface area (Å²) in [6.45, 7) is 3.03. The van der Waals surface area contributed by atoms with E-state index in [0.717, 1.165) is 0 Å². The van der Waals surface area contributed by atoms with Crippen molar-refractivity contribution < 1.29 is 24.5 Å². The van der Waals surface area contributed by atoms with Crippen LogP contribution in [0, 0.1) is 5.41 Å². The summed E-state index contributed by atoms with van der Waals surface area (Å²) >= 11 is 0. The first-order valence-corrected chi connectivity index (χ1v) is 4.58. The van der Waals surface area contributed by atoms with E-state index in [9.17, 15) is 14.7 Å². The van der Waals surface area contributed by atoms with Gasteiger partial charge in [0.2, 0.25) is 0 Å². The van der Waals surface area contributed by atoms with Gasteiger partial charge < -0.3 is 20.7 Å². The summed E-state index contributed by atoms with van der Waals surface area (Å²) < 4.78 is 4.78. The third kappa shape index (κ3) is 4.75. The van der Waals surface area contributed by atoms with Crippen LogP contribution in [0.3, 0.4) is 0 Å². The van der Waals surface area contributed by atoms with Gasteiger partial charge in [0.05, 0.1) is 13.0 Å². The van der Waals surface area contributed by atoms with Crippen molar-refractivity contribution >= 4 is 11.9 Å². The molecule has 6 heteroatoms. The predicted octanol–water partition coefficient (Wildman–Crippen LogP) is -0.650. The lowest BCUT2D eigenvalue weighted by Gasteiger charge is -2.26. The molecule has 0 rings (SSSR count). The summed E-state index contributed by atoms with van der Waals surface area (Å²) in [5, 5.41) is 17.9. The lowest BCUT2D eigenvalue weighted by atomic mass is 9.87. The fraction of sp³-hybridized carbons (Fsp3) is 0.778. The highest BCUT2D eigenvalue weighted by Crippen LogP contribution is 2.21. The number of carboxylic acid groups (broad SMARTS) is 1. The van der Waals surface area contributed by atoms with Crippen molar-refractivity contribution in [3.63, 3.8) is 0 Å². The van der Waals surface area contributed by atoms with E-state index in [4.69, 9.17) is 15.6 Å². The van der Waals surface area contributed by atoms with Crippen LogP contribution < -0.4 is 5.73 Å². The minimum atomic E-state index is -1.57. The minimum Gasteiger partial charge on any atom is -0.479 e. The van der Waals surface area contributed by atoms with E-state index < -0.39 is 23.5 Å². The van der Waals surface area contributed by atoms with Crippen molar-refractivity contribution in [1.29, 1.82) is 0 Å². The third-order valence-corrected chi connectivity index (χ3v) is 1.93. The molecule has 0 aromatic rings. The quantitative estimate of drug-likeness (QED) is 0.512. The first-order valence-electron chi connectivity index (χ1n) is 4.58. The van der Waals surface area contributed by atoms with Gasteiger partial charge in [-0.25, -0.2) is 4.79 Å². The number of carbonyl (C=O) groups excluding carboxylic acids is 1. The zero-order valence-corrected chi connectivity index (χ0v) is 8.90. The number of ether oxygens (including phenoxy) is 1. The Kier molecular flexibility index (Phi) is 5.24. The Labute approximate surface area is 88.0 Å². The molecule has 0 aromatic carbocycles. The first kappa shape index (κ1) is 13.9. The van der Waals surface area contributed by atoms with Crippen molar-refractivity contribution in [3.05, 3.63) is 0 Å². The van der Waals surface area contributed by atoms with Gasteiger partial charge in [-0.3, -0.25) is 4.79 Å². The molecule has 1 unspecified atom stereocenters. The molecule has 0 spiro atoms. The maximum absolute atomic E-state index is 11.0. The highest BCUT2D eigenvalue weighted by atomic mass is 16.5. The number of aliphatic carboxylic acids is 1. The fourth-order valence-corrected chi connectivity index (χ4v) is 0.870. The van der Waals surface area contributed by atoms with Gasteiger partial charge in [0.15, 0.2) is 6.10 Å². The van der Waals surface area contributed by atoms with Crippen LogP contribution in [-0.4, -0.2) is 41.4 Å². The van der Waals surface area contributed by atoms with Gasteiger partial charge in [0.25, 0.3) is 0 Å². The molecule has 0 aliphatic rings. The van der Waals surface area contributed by atoms with Gasteiger partial charge in [-0.1, -0.05) is 13.8 Å². The number of carbonyl (C=O) groups is 2. The van der Waals surface area contributed by atoms with Gasteiger partial charge in [-0.15, -0.1) is 0 Å². The van der Waals surface area contributed by atoms with E-state index in [1.165, 1.54) is 13.8 Å². The van der Waals surface area contributed by atoms with E-state index in [1.807, 2.05) is 0 Å². The topological polar surface area (TPSA) is 110 Å². The molecule has 15 heavy (non-hydrogen) atoms. The van der Waals surface area contributed by atoms with Crippen LogP contribution in [-0.2, 0) is 14.3 Å². The smallest absolute Gasteiger partial charge is 0.333 e. The lowest BCUT2D eigenvalue weighted by molar-refractivity contribution is -0.161. The normalized spacial score (nSPS) is 13.3. The highest BCUT2D eigenvalue weighted by molar-refractivity contribution is 5.73. The molecule has 0 aliphatic heterocycles. The largest absolute Gasteiger partial charge is 0.479 e. The third-order valence-electron chi connectivity index (χ3n) is 1.93. The zero-order chi connectivity index (χ0) is 12.1. The van der Waals surface area contributed by atoms with Crippen molar-refractivity contribution in [3.8, 4) is 0 Å². The minimum absolute atomic E-state index is 0.0826. The SMILES string of the molecule is CC(C)(COC(=O)CCN)C(O)C(=O)O. The summed E-state index contributed by atoms with van der Waals surface area (Å²) in [6, 6.07) is 0.